The number of hydrogen-bond donors (Lipinski definition) is 1. The van der Waals surface area contributed by atoms with Crippen LogP contribution in [0, 0.1) is 17.1 Å². The molecular formula is C16H12FNO2S. The van der Waals surface area contributed by atoms with E-state index in [0.29, 0.717) is 11.3 Å². The van der Waals surface area contributed by atoms with Crippen LogP contribution in [0.15, 0.2) is 47.4 Å². The van der Waals surface area contributed by atoms with E-state index in [4.69, 9.17) is 10.4 Å². The third kappa shape index (κ3) is 4.07. The summed E-state index contributed by atoms with van der Waals surface area (Å²) in [6.07, 6.45) is -0.0101. The minimum Gasteiger partial charge on any atom is -0.481 e. The smallest absolute Gasteiger partial charge is 0.307 e. The first kappa shape index (κ1) is 15.1. The monoisotopic (exact) mass is 301 g/mol. The van der Waals surface area contributed by atoms with Gasteiger partial charge in [-0.2, -0.15) is 5.26 Å². The van der Waals surface area contributed by atoms with E-state index < -0.39 is 11.8 Å². The Balaban J connectivity index is 2.03. The van der Waals surface area contributed by atoms with Gasteiger partial charge in [0.1, 0.15) is 11.9 Å². The van der Waals surface area contributed by atoms with Crippen molar-refractivity contribution in [1.82, 2.24) is 0 Å². The van der Waals surface area contributed by atoms with E-state index in [1.54, 1.807) is 24.3 Å². The lowest BCUT2D eigenvalue weighted by Gasteiger charge is -2.05. The van der Waals surface area contributed by atoms with Gasteiger partial charge in [-0.15, -0.1) is 11.8 Å². The number of carbonyl (C=O) groups is 1. The fraction of sp³-hybridized carbons (Fsp3) is 0.125. The molecule has 0 atom stereocenters. The van der Waals surface area contributed by atoms with Gasteiger partial charge >= 0.3 is 5.97 Å². The van der Waals surface area contributed by atoms with Crippen molar-refractivity contribution < 1.29 is 14.3 Å². The van der Waals surface area contributed by atoms with Gasteiger partial charge in [0.25, 0.3) is 0 Å². The third-order valence-corrected chi connectivity index (χ3v) is 3.93. The van der Waals surface area contributed by atoms with Crippen LogP contribution in [0.1, 0.15) is 16.7 Å². The van der Waals surface area contributed by atoms with Crippen LogP contribution in [0.3, 0.4) is 0 Å². The number of carboxylic acid groups (broad SMARTS) is 1. The first-order chi connectivity index (χ1) is 10.1. The molecule has 0 spiro atoms. The zero-order chi connectivity index (χ0) is 15.2. The maximum atomic E-state index is 13.9. The molecule has 0 heterocycles. The summed E-state index contributed by atoms with van der Waals surface area (Å²) in [5, 5.41) is 17.5. The Morgan fingerprint density at radius 1 is 1.24 bits per heavy atom. The quantitative estimate of drug-likeness (QED) is 0.857. The molecule has 0 aliphatic heterocycles. The fourth-order valence-corrected chi connectivity index (χ4v) is 2.69. The van der Waals surface area contributed by atoms with E-state index in [0.717, 1.165) is 10.5 Å². The minimum absolute atomic E-state index is 0.0101. The number of nitrogens with zero attached hydrogens (tertiary/aromatic N) is 1. The summed E-state index contributed by atoms with van der Waals surface area (Å²) >= 11 is 1.44. The number of aliphatic carboxylic acids is 1. The van der Waals surface area contributed by atoms with Crippen molar-refractivity contribution >= 4 is 17.7 Å². The summed E-state index contributed by atoms with van der Waals surface area (Å²) in [6.45, 7) is 0. The van der Waals surface area contributed by atoms with Gasteiger partial charge in [0.05, 0.1) is 12.0 Å². The molecule has 2 aromatic carbocycles. The standard InChI is InChI=1S/C16H12FNO2S/c17-16-12(9-18)2-1-3-13(16)10-21-14-6-4-11(5-7-14)8-15(19)20/h1-7H,8,10H2,(H,19,20). The second kappa shape index (κ2) is 6.91. The van der Waals surface area contributed by atoms with Gasteiger partial charge in [0.2, 0.25) is 0 Å². The highest BCUT2D eigenvalue weighted by molar-refractivity contribution is 7.98. The molecule has 0 saturated carbocycles. The Bertz CT molecular complexity index is 692. The molecule has 2 aromatic rings. The molecule has 0 fully saturated rings. The Kier molecular flexibility index (Phi) is 4.96. The van der Waals surface area contributed by atoms with Crippen molar-refractivity contribution in [3.8, 4) is 6.07 Å². The summed E-state index contributed by atoms with van der Waals surface area (Å²) in [5.41, 5.74) is 1.25. The number of thioether (sulfide) groups is 1. The highest BCUT2D eigenvalue weighted by atomic mass is 32.2. The van der Waals surface area contributed by atoms with E-state index in [1.807, 2.05) is 18.2 Å². The Morgan fingerprint density at radius 3 is 2.57 bits per heavy atom. The number of rotatable bonds is 5. The van der Waals surface area contributed by atoms with Crippen LogP contribution in [-0.2, 0) is 17.0 Å². The Hall–Kier alpha value is -2.32. The highest BCUT2D eigenvalue weighted by Crippen LogP contribution is 2.25. The van der Waals surface area contributed by atoms with Crippen LogP contribution in [0.2, 0.25) is 0 Å². The molecule has 0 unspecified atom stereocenters. The second-order valence-corrected chi connectivity index (χ2v) is 5.44. The van der Waals surface area contributed by atoms with Crippen LogP contribution >= 0.6 is 11.8 Å². The molecule has 3 nitrogen and oxygen atoms in total. The molecule has 21 heavy (non-hydrogen) atoms. The molecule has 0 amide bonds. The Labute approximate surface area is 126 Å². The molecular weight excluding hydrogens is 289 g/mol. The normalized spacial score (nSPS) is 10.1. The molecule has 0 aliphatic rings. The lowest BCUT2D eigenvalue weighted by molar-refractivity contribution is -0.136. The largest absolute Gasteiger partial charge is 0.481 e. The number of nitriles is 1. The third-order valence-electron chi connectivity index (χ3n) is 2.87. The van der Waals surface area contributed by atoms with Crippen LogP contribution in [0.5, 0.6) is 0 Å². The lowest BCUT2D eigenvalue weighted by Crippen LogP contribution is -1.99. The average molecular weight is 301 g/mol. The lowest BCUT2D eigenvalue weighted by atomic mass is 10.1. The molecule has 0 bridgehead atoms. The van der Waals surface area contributed by atoms with E-state index in [2.05, 4.69) is 0 Å². The number of halogens is 1. The van der Waals surface area contributed by atoms with Crippen LogP contribution in [0.4, 0.5) is 4.39 Å². The topological polar surface area (TPSA) is 61.1 Å². The number of benzene rings is 2. The zero-order valence-electron chi connectivity index (χ0n) is 11.0. The molecule has 1 N–H and O–H groups in total. The number of hydrogen-bond acceptors (Lipinski definition) is 3. The van der Waals surface area contributed by atoms with Gasteiger partial charge in [-0.1, -0.05) is 24.3 Å². The predicted molar refractivity (Wildman–Crippen MR) is 78.5 cm³/mol. The van der Waals surface area contributed by atoms with Crippen LogP contribution in [-0.4, -0.2) is 11.1 Å². The van der Waals surface area contributed by atoms with E-state index in [1.165, 1.54) is 17.8 Å². The van der Waals surface area contributed by atoms with Gasteiger partial charge in [0, 0.05) is 10.6 Å². The van der Waals surface area contributed by atoms with Gasteiger partial charge in [-0.05, 0) is 29.3 Å². The Morgan fingerprint density at radius 2 is 1.95 bits per heavy atom. The van der Waals surface area contributed by atoms with Gasteiger partial charge < -0.3 is 5.11 Å². The summed E-state index contributed by atoms with van der Waals surface area (Å²) in [7, 11) is 0. The summed E-state index contributed by atoms with van der Waals surface area (Å²) < 4.78 is 13.9. The highest BCUT2D eigenvalue weighted by Gasteiger charge is 2.08. The van der Waals surface area contributed by atoms with Crippen molar-refractivity contribution in [2.24, 2.45) is 0 Å². The zero-order valence-corrected chi connectivity index (χ0v) is 11.9. The summed E-state index contributed by atoms with van der Waals surface area (Å²) in [6, 6.07) is 13.7. The van der Waals surface area contributed by atoms with Gasteiger partial charge in [-0.3, -0.25) is 4.79 Å². The van der Waals surface area contributed by atoms with Crippen LogP contribution < -0.4 is 0 Å². The predicted octanol–water partition coefficient (Wildman–Crippen LogP) is 3.62. The second-order valence-electron chi connectivity index (χ2n) is 4.39. The van der Waals surface area contributed by atoms with E-state index >= 15 is 0 Å². The summed E-state index contributed by atoms with van der Waals surface area (Å²) in [5.74, 6) is -0.930. The number of carboxylic acids is 1. The molecule has 0 radical (unpaired) electrons. The van der Waals surface area contributed by atoms with E-state index in [9.17, 15) is 9.18 Å². The fourth-order valence-electron chi connectivity index (χ4n) is 1.82. The van der Waals surface area contributed by atoms with E-state index in [-0.39, 0.29) is 12.0 Å². The minimum atomic E-state index is -0.870. The SMILES string of the molecule is N#Cc1cccc(CSc2ccc(CC(=O)O)cc2)c1F. The van der Waals surface area contributed by atoms with Gasteiger partial charge in [0.15, 0.2) is 0 Å². The maximum Gasteiger partial charge on any atom is 0.307 e. The van der Waals surface area contributed by atoms with Crippen molar-refractivity contribution in [2.75, 3.05) is 0 Å². The van der Waals surface area contributed by atoms with Crippen molar-refractivity contribution in [3.05, 3.63) is 65.0 Å². The van der Waals surface area contributed by atoms with Crippen molar-refractivity contribution in [2.45, 2.75) is 17.1 Å². The molecule has 106 valence electrons. The van der Waals surface area contributed by atoms with Crippen molar-refractivity contribution in [3.63, 3.8) is 0 Å². The van der Waals surface area contributed by atoms with Crippen LogP contribution in [0.25, 0.3) is 0 Å². The average Bonchev–Trinajstić information content (AvgIpc) is 2.47. The molecule has 5 heteroatoms. The molecule has 0 aromatic heterocycles. The molecule has 0 aliphatic carbocycles. The summed E-state index contributed by atoms with van der Waals surface area (Å²) in [4.78, 5) is 11.5. The molecule has 0 saturated heterocycles. The first-order valence-corrected chi connectivity index (χ1v) is 7.19. The van der Waals surface area contributed by atoms with Crippen molar-refractivity contribution in [1.29, 1.82) is 5.26 Å². The first-order valence-electron chi connectivity index (χ1n) is 6.21. The maximum absolute atomic E-state index is 13.9. The van der Waals surface area contributed by atoms with Gasteiger partial charge in [-0.25, -0.2) is 4.39 Å². The molecule has 2 rings (SSSR count).